The highest BCUT2D eigenvalue weighted by molar-refractivity contribution is 14.0. The quantitative estimate of drug-likeness (QED) is 0.339. The van der Waals surface area contributed by atoms with Crippen LogP contribution in [0.2, 0.25) is 0 Å². The van der Waals surface area contributed by atoms with Gasteiger partial charge in [-0.05, 0) is 48.7 Å². The SMILES string of the molecule is CCOc1cc(CNC(=NC)NCCc2ccc(F)cc2)ccc1OC.I. The fourth-order valence-electron chi connectivity index (χ4n) is 2.48. The van der Waals surface area contributed by atoms with Crippen LogP contribution in [-0.2, 0) is 13.0 Å². The van der Waals surface area contributed by atoms with Crippen molar-refractivity contribution in [2.75, 3.05) is 27.3 Å². The van der Waals surface area contributed by atoms with Crippen molar-refractivity contribution in [1.29, 1.82) is 0 Å². The van der Waals surface area contributed by atoms with Crippen LogP contribution in [0.5, 0.6) is 11.5 Å². The largest absolute Gasteiger partial charge is 0.493 e. The molecule has 0 atom stereocenters. The van der Waals surface area contributed by atoms with Crippen molar-refractivity contribution in [3.8, 4) is 11.5 Å². The normalized spacial score (nSPS) is 10.7. The molecule has 7 heteroatoms. The van der Waals surface area contributed by atoms with Crippen molar-refractivity contribution in [2.45, 2.75) is 19.9 Å². The molecular formula is C20H27FIN3O2. The molecule has 0 bridgehead atoms. The summed E-state index contributed by atoms with van der Waals surface area (Å²) in [5.74, 6) is 1.94. The number of hydrogen-bond acceptors (Lipinski definition) is 3. The number of hydrogen-bond donors (Lipinski definition) is 2. The Kier molecular flexibility index (Phi) is 10.5. The van der Waals surface area contributed by atoms with E-state index < -0.39 is 0 Å². The fraction of sp³-hybridized carbons (Fsp3) is 0.350. The second kappa shape index (κ2) is 12.4. The molecule has 0 saturated heterocycles. The highest BCUT2D eigenvalue weighted by Crippen LogP contribution is 2.27. The third-order valence-electron chi connectivity index (χ3n) is 3.83. The molecule has 2 aromatic rings. The van der Waals surface area contributed by atoms with Gasteiger partial charge < -0.3 is 20.1 Å². The summed E-state index contributed by atoms with van der Waals surface area (Å²) in [6.07, 6.45) is 0.790. The molecule has 148 valence electrons. The predicted octanol–water partition coefficient (Wildman–Crippen LogP) is 3.76. The molecule has 0 unspecified atom stereocenters. The van der Waals surface area contributed by atoms with Gasteiger partial charge in [-0.2, -0.15) is 0 Å². The zero-order valence-electron chi connectivity index (χ0n) is 15.9. The van der Waals surface area contributed by atoms with Gasteiger partial charge in [-0.1, -0.05) is 18.2 Å². The lowest BCUT2D eigenvalue weighted by Crippen LogP contribution is -2.37. The highest BCUT2D eigenvalue weighted by Gasteiger charge is 2.06. The molecule has 27 heavy (non-hydrogen) atoms. The van der Waals surface area contributed by atoms with E-state index in [1.165, 1.54) is 12.1 Å². The van der Waals surface area contributed by atoms with E-state index in [-0.39, 0.29) is 29.8 Å². The minimum Gasteiger partial charge on any atom is -0.493 e. The summed E-state index contributed by atoms with van der Waals surface area (Å²) in [4.78, 5) is 4.22. The lowest BCUT2D eigenvalue weighted by Gasteiger charge is -2.14. The standard InChI is InChI=1S/C20H26FN3O2.HI/c1-4-26-19-13-16(7-10-18(19)25-3)14-24-20(22-2)23-12-11-15-5-8-17(21)9-6-15;/h5-10,13H,4,11-12,14H2,1-3H3,(H2,22,23,24);1H. The summed E-state index contributed by atoms with van der Waals surface area (Å²) >= 11 is 0. The van der Waals surface area contributed by atoms with E-state index in [1.807, 2.05) is 25.1 Å². The third-order valence-corrected chi connectivity index (χ3v) is 3.83. The van der Waals surface area contributed by atoms with Gasteiger partial charge in [0, 0.05) is 20.1 Å². The van der Waals surface area contributed by atoms with Gasteiger partial charge in [-0.15, -0.1) is 24.0 Å². The Morgan fingerprint density at radius 3 is 2.37 bits per heavy atom. The van der Waals surface area contributed by atoms with Gasteiger partial charge in [0.2, 0.25) is 0 Å². The van der Waals surface area contributed by atoms with Crippen LogP contribution in [0, 0.1) is 5.82 Å². The van der Waals surface area contributed by atoms with Crippen molar-refractivity contribution in [1.82, 2.24) is 10.6 Å². The summed E-state index contributed by atoms with van der Waals surface area (Å²) in [5.41, 5.74) is 2.14. The summed E-state index contributed by atoms with van der Waals surface area (Å²) in [6, 6.07) is 12.4. The second-order valence-corrected chi connectivity index (χ2v) is 5.65. The number of methoxy groups -OCH3 is 1. The number of rotatable bonds is 8. The molecule has 0 heterocycles. The molecule has 2 N–H and O–H groups in total. The molecule has 0 aromatic heterocycles. The molecule has 0 aliphatic rings. The van der Waals surface area contributed by atoms with Crippen molar-refractivity contribution >= 4 is 29.9 Å². The summed E-state index contributed by atoms with van der Waals surface area (Å²) in [7, 11) is 3.36. The Hall–Kier alpha value is -2.03. The van der Waals surface area contributed by atoms with Crippen LogP contribution >= 0.6 is 24.0 Å². The molecule has 5 nitrogen and oxygen atoms in total. The Bertz CT molecular complexity index is 724. The minimum absolute atomic E-state index is 0. The Balaban J connectivity index is 0.00000364. The molecule has 2 rings (SSSR count). The molecule has 0 amide bonds. The molecule has 0 aliphatic carbocycles. The maximum atomic E-state index is 12.9. The van der Waals surface area contributed by atoms with Crippen LogP contribution in [-0.4, -0.2) is 33.3 Å². The molecule has 0 spiro atoms. The van der Waals surface area contributed by atoms with Crippen molar-refractivity contribution in [3.63, 3.8) is 0 Å². The Labute approximate surface area is 177 Å². The van der Waals surface area contributed by atoms with E-state index in [9.17, 15) is 4.39 Å². The van der Waals surface area contributed by atoms with Gasteiger partial charge in [0.05, 0.1) is 13.7 Å². The van der Waals surface area contributed by atoms with Crippen LogP contribution in [0.15, 0.2) is 47.5 Å². The number of nitrogens with zero attached hydrogens (tertiary/aromatic N) is 1. The van der Waals surface area contributed by atoms with Gasteiger partial charge in [0.25, 0.3) is 0 Å². The van der Waals surface area contributed by atoms with E-state index in [2.05, 4.69) is 15.6 Å². The van der Waals surface area contributed by atoms with Crippen molar-refractivity contribution < 1.29 is 13.9 Å². The number of benzene rings is 2. The van der Waals surface area contributed by atoms with Crippen LogP contribution in [0.25, 0.3) is 0 Å². The lowest BCUT2D eigenvalue weighted by molar-refractivity contribution is 0.310. The average Bonchev–Trinajstić information content (AvgIpc) is 2.66. The van der Waals surface area contributed by atoms with Gasteiger partial charge in [0.1, 0.15) is 5.82 Å². The van der Waals surface area contributed by atoms with Gasteiger partial charge in [-0.25, -0.2) is 4.39 Å². The molecule has 0 radical (unpaired) electrons. The zero-order chi connectivity index (χ0) is 18.8. The monoisotopic (exact) mass is 487 g/mol. The molecule has 0 saturated carbocycles. The average molecular weight is 487 g/mol. The fourth-order valence-corrected chi connectivity index (χ4v) is 2.48. The number of aliphatic imine (C=N–C) groups is 1. The number of ether oxygens (including phenoxy) is 2. The van der Waals surface area contributed by atoms with E-state index in [0.29, 0.717) is 25.7 Å². The maximum absolute atomic E-state index is 12.9. The first kappa shape index (κ1) is 23.0. The first-order chi connectivity index (χ1) is 12.7. The number of nitrogens with one attached hydrogen (secondary N) is 2. The smallest absolute Gasteiger partial charge is 0.191 e. The van der Waals surface area contributed by atoms with Crippen LogP contribution < -0.4 is 20.1 Å². The molecule has 2 aromatic carbocycles. The van der Waals surface area contributed by atoms with Gasteiger partial charge in [-0.3, -0.25) is 4.99 Å². The number of guanidine groups is 1. The third kappa shape index (κ3) is 7.62. The summed E-state index contributed by atoms with van der Waals surface area (Å²) in [6.45, 7) is 3.84. The summed E-state index contributed by atoms with van der Waals surface area (Å²) < 4.78 is 23.8. The van der Waals surface area contributed by atoms with E-state index in [0.717, 1.165) is 29.0 Å². The first-order valence-electron chi connectivity index (χ1n) is 8.65. The van der Waals surface area contributed by atoms with E-state index in [1.54, 1.807) is 26.3 Å². The highest BCUT2D eigenvalue weighted by atomic mass is 127. The minimum atomic E-state index is -0.218. The molecule has 0 aliphatic heterocycles. The van der Waals surface area contributed by atoms with Gasteiger partial charge >= 0.3 is 0 Å². The summed E-state index contributed by atoms with van der Waals surface area (Å²) in [5, 5.41) is 6.52. The van der Waals surface area contributed by atoms with Crippen LogP contribution in [0.1, 0.15) is 18.1 Å². The molecule has 0 fully saturated rings. The predicted molar refractivity (Wildman–Crippen MR) is 118 cm³/mol. The van der Waals surface area contributed by atoms with Crippen LogP contribution in [0.3, 0.4) is 0 Å². The van der Waals surface area contributed by atoms with Crippen molar-refractivity contribution in [2.24, 2.45) is 4.99 Å². The Morgan fingerprint density at radius 1 is 1.04 bits per heavy atom. The lowest BCUT2D eigenvalue weighted by atomic mass is 10.1. The Morgan fingerprint density at radius 2 is 1.74 bits per heavy atom. The number of halogens is 2. The zero-order valence-corrected chi connectivity index (χ0v) is 18.3. The van der Waals surface area contributed by atoms with Crippen molar-refractivity contribution in [3.05, 3.63) is 59.4 Å². The van der Waals surface area contributed by atoms with E-state index >= 15 is 0 Å². The first-order valence-corrected chi connectivity index (χ1v) is 8.65. The second-order valence-electron chi connectivity index (χ2n) is 5.65. The maximum Gasteiger partial charge on any atom is 0.191 e. The van der Waals surface area contributed by atoms with Crippen LogP contribution in [0.4, 0.5) is 4.39 Å². The topological polar surface area (TPSA) is 54.9 Å². The molecular weight excluding hydrogens is 460 g/mol. The van der Waals surface area contributed by atoms with Gasteiger partial charge in [0.15, 0.2) is 17.5 Å². The van der Waals surface area contributed by atoms with E-state index in [4.69, 9.17) is 9.47 Å².